The van der Waals surface area contributed by atoms with Gasteiger partial charge in [0.2, 0.25) is 0 Å². The van der Waals surface area contributed by atoms with Gasteiger partial charge in [-0.3, -0.25) is 0 Å². The summed E-state index contributed by atoms with van der Waals surface area (Å²) < 4.78 is 5.94. The van der Waals surface area contributed by atoms with Gasteiger partial charge in [-0.2, -0.15) is 5.26 Å². The van der Waals surface area contributed by atoms with E-state index in [1.807, 2.05) is 78.9 Å². The van der Waals surface area contributed by atoms with Gasteiger partial charge in [0.15, 0.2) is 0 Å². The molecule has 0 fully saturated rings. The zero-order valence-electron chi connectivity index (χ0n) is 16.0. The summed E-state index contributed by atoms with van der Waals surface area (Å²) in [5.41, 5.74) is 10.4. The van der Waals surface area contributed by atoms with Gasteiger partial charge >= 0.3 is 0 Å². The fourth-order valence-electron chi connectivity index (χ4n) is 3.21. The molecule has 5 heteroatoms. The Morgan fingerprint density at radius 1 is 0.900 bits per heavy atom. The fourth-order valence-corrected chi connectivity index (χ4v) is 3.44. The number of nitrogens with two attached hydrogens (primary N) is 1. The van der Waals surface area contributed by atoms with Gasteiger partial charge in [0.1, 0.15) is 29.8 Å². The van der Waals surface area contributed by atoms with Crippen molar-refractivity contribution in [1.82, 2.24) is 4.98 Å². The van der Waals surface area contributed by atoms with Gasteiger partial charge in [0.05, 0.1) is 5.69 Å². The minimum Gasteiger partial charge on any atom is -0.489 e. The maximum atomic E-state index is 9.67. The minimum absolute atomic E-state index is 0.167. The summed E-state index contributed by atoms with van der Waals surface area (Å²) in [7, 11) is 0. The molecule has 0 aliphatic heterocycles. The molecular weight excluding hydrogens is 394 g/mol. The number of nitriles is 1. The van der Waals surface area contributed by atoms with E-state index in [0.717, 1.165) is 16.7 Å². The number of ether oxygens (including phenoxy) is 1. The lowest BCUT2D eigenvalue weighted by molar-refractivity contribution is 0.306. The third kappa shape index (κ3) is 4.12. The molecular formula is C25H18ClN3O. The number of halogens is 1. The molecule has 0 aliphatic carbocycles. The highest BCUT2D eigenvalue weighted by Gasteiger charge is 2.15. The van der Waals surface area contributed by atoms with Crippen molar-refractivity contribution in [3.8, 4) is 34.2 Å². The highest BCUT2D eigenvalue weighted by molar-refractivity contribution is 6.33. The summed E-state index contributed by atoms with van der Waals surface area (Å²) in [6.45, 7) is 0.457. The second kappa shape index (κ2) is 8.69. The van der Waals surface area contributed by atoms with Crippen LogP contribution in [0.15, 0.2) is 84.9 Å². The Labute approximate surface area is 180 Å². The molecule has 1 aromatic heterocycles. The first-order valence-corrected chi connectivity index (χ1v) is 9.76. The van der Waals surface area contributed by atoms with Gasteiger partial charge in [-0.15, -0.1) is 0 Å². The summed E-state index contributed by atoms with van der Waals surface area (Å²) >= 11 is 6.34. The standard InChI is InChI=1S/C25H18ClN3O/c26-23-12-5-4-11-20(23)24-14-21(22(15-27)25(28)29-24)18-9-6-10-19(13-18)30-16-17-7-2-1-3-8-17/h1-14H,16H2,(H2,28,29). The van der Waals surface area contributed by atoms with E-state index in [1.54, 1.807) is 6.07 Å². The molecule has 0 atom stereocenters. The Morgan fingerprint density at radius 3 is 2.43 bits per heavy atom. The lowest BCUT2D eigenvalue weighted by atomic mass is 9.98. The molecule has 0 spiro atoms. The number of benzene rings is 3. The number of hydrogen-bond donors (Lipinski definition) is 1. The van der Waals surface area contributed by atoms with Crippen LogP contribution in [0.3, 0.4) is 0 Å². The molecule has 146 valence electrons. The summed E-state index contributed by atoms with van der Waals surface area (Å²) in [5.74, 6) is 0.871. The van der Waals surface area contributed by atoms with Crippen LogP contribution >= 0.6 is 11.6 Å². The molecule has 4 aromatic rings. The van der Waals surface area contributed by atoms with E-state index in [-0.39, 0.29) is 5.82 Å². The highest BCUT2D eigenvalue weighted by atomic mass is 35.5. The second-order valence-electron chi connectivity index (χ2n) is 6.71. The SMILES string of the molecule is N#Cc1c(-c2cccc(OCc3ccccc3)c2)cc(-c2ccccc2Cl)nc1N. The topological polar surface area (TPSA) is 71.9 Å². The molecule has 0 saturated heterocycles. The average Bonchev–Trinajstić information content (AvgIpc) is 2.78. The van der Waals surface area contributed by atoms with Crippen LogP contribution in [0.5, 0.6) is 5.75 Å². The Balaban J connectivity index is 1.73. The Bertz CT molecular complexity index is 1230. The average molecular weight is 412 g/mol. The second-order valence-corrected chi connectivity index (χ2v) is 7.12. The lowest BCUT2D eigenvalue weighted by Gasteiger charge is -2.13. The predicted octanol–water partition coefficient (Wildman–Crippen LogP) is 6.10. The third-order valence-electron chi connectivity index (χ3n) is 4.70. The minimum atomic E-state index is 0.167. The Hall–Kier alpha value is -3.81. The van der Waals surface area contributed by atoms with Crippen LogP contribution in [0.1, 0.15) is 11.1 Å². The normalized spacial score (nSPS) is 10.4. The van der Waals surface area contributed by atoms with Gasteiger partial charge in [0.25, 0.3) is 0 Å². The van der Waals surface area contributed by atoms with Crippen molar-refractivity contribution in [2.24, 2.45) is 0 Å². The van der Waals surface area contributed by atoms with Crippen LogP contribution in [0.2, 0.25) is 5.02 Å². The van der Waals surface area contributed by atoms with Gasteiger partial charge in [-0.05, 0) is 35.4 Å². The van der Waals surface area contributed by atoms with Crippen molar-refractivity contribution in [2.75, 3.05) is 5.73 Å². The molecule has 0 unspecified atom stereocenters. The first-order valence-electron chi connectivity index (χ1n) is 9.38. The summed E-state index contributed by atoms with van der Waals surface area (Å²) in [6.07, 6.45) is 0. The van der Waals surface area contributed by atoms with Crippen molar-refractivity contribution in [1.29, 1.82) is 5.26 Å². The third-order valence-corrected chi connectivity index (χ3v) is 5.03. The molecule has 0 bridgehead atoms. The largest absolute Gasteiger partial charge is 0.489 e. The maximum Gasteiger partial charge on any atom is 0.142 e. The summed E-state index contributed by atoms with van der Waals surface area (Å²) in [5, 5.41) is 10.2. The quantitative estimate of drug-likeness (QED) is 0.430. The van der Waals surface area contributed by atoms with Crippen LogP contribution in [0.25, 0.3) is 22.4 Å². The lowest BCUT2D eigenvalue weighted by Crippen LogP contribution is -2.00. The van der Waals surface area contributed by atoms with Crippen molar-refractivity contribution in [2.45, 2.75) is 6.61 Å². The number of nitrogen functional groups attached to an aromatic ring is 1. The van der Waals surface area contributed by atoms with Crippen LogP contribution < -0.4 is 10.5 Å². The Morgan fingerprint density at radius 2 is 1.67 bits per heavy atom. The smallest absolute Gasteiger partial charge is 0.142 e. The Kier molecular flexibility index (Phi) is 5.65. The molecule has 4 rings (SSSR count). The van der Waals surface area contributed by atoms with Crippen LogP contribution in [-0.4, -0.2) is 4.98 Å². The van der Waals surface area contributed by atoms with Crippen LogP contribution in [0, 0.1) is 11.3 Å². The van der Waals surface area contributed by atoms with E-state index in [4.69, 9.17) is 22.1 Å². The molecule has 0 aliphatic rings. The van der Waals surface area contributed by atoms with Crippen molar-refractivity contribution >= 4 is 17.4 Å². The number of pyridine rings is 1. The molecule has 1 heterocycles. The maximum absolute atomic E-state index is 9.67. The first kappa shape index (κ1) is 19.5. The molecule has 0 saturated carbocycles. The zero-order valence-corrected chi connectivity index (χ0v) is 16.8. The number of nitrogens with zero attached hydrogens (tertiary/aromatic N) is 2. The van der Waals surface area contributed by atoms with Gasteiger partial charge in [-0.25, -0.2) is 4.98 Å². The molecule has 30 heavy (non-hydrogen) atoms. The number of anilines is 1. The molecule has 2 N–H and O–H groups in total. The number of aromatic nitrogens is 1. The van der Waals surface area contributed by atoms with E-state index in [9.17, 15) is 5.26 Å². The molecule has 0 radical (unpaired) electrons. The van der Waals surface area contributed by atoms with E-state index in [2.05, 4.69) is 11.1 Å². The predicted molar refractivity (Wildman–Crippen MR) is 120 cm³/mol. The highest BCUT2D eigenvalue weighted by Crippen LogP contribution is 2.35. The summed E-state index contributed by atoms with van der Waals surface area (Å²) in [6, 6.07) is 29.0. The monoisotopic (exact) mass is 411 g/mol. The molecule has 3 aromatic carbocycles. The van der Waals surface area contributed by atoms with Gasteiger partial charge in [0, 0.05) is 16.1 Å². The molecule has 4 nitrogen and oxygen atoms in total. The van der Waals surface area contributed by atoms with E-state index < -0.39 is 0 Å². The van der Waals surface area contributed by atoms with Gasteiger partial charge in [-0.1, -0.05) is 72.3 Å². The van der Waals surface area contributed by atoms with Gasteiger partial charge < -0.3 is 10.5 Å². The van der Waals surface area contributed by atoms with Crippen LogP contribution in [-0.2, 0) is 6.61 Å². The van der Waals surface area contributed by atoms with E-state index >= 15 is 0 Å². The van der Waals surface area contributed by atoms with E-state index in [0.29, 0.717) is 34.2 Å². The van der Waals surface area contributed by atoms with Crippen molar-refractivity contribution in [3.63, 3.8) is 0 Å². The van der Waals surface area contributed by atoms with Crippen LogP contribution in [0.4, 0.5) is 5.82 Å². The fraction of sp³-hybridized carbons (Fsp3) is 0.0400. The first-order chi connectivity index (χ1) is 14.7. The zero-order chi connectivity index (χ0) is 20.9. The number of hydrogen-bond acceptors (Lipinski definition) is 4. The number of rotatable bonds is 5. The molecule has 0 amide bonds. The van der Waals surface area contributed by atoms with Crippen molar-refractivity contribution in [3.05, 3.63) is 101 Å². The van der Waals surface area contributed by atoms with Crippen molar-refractivity contribution < 1.29 is 4.74 Å². The summed E-state index contributed by atoms with van der Waals surface area (Å²) in [4.78, 5) is 4.40. The van der Waals surface area contributed by atoms with E-state index in [1.165, 1.54) is 0 Å².